The minimum atomic E-state index is -1.09. The highest BCUT2D eigenvalue weighted by Gasteiger charge is 2.44. The van der Waals surface area contributed by atoms with Gasteiger partial charge in [-0.3, -0.25) is 14.4 Å². The number of carbonyl (C=O) groups is 4. The van der Waals surface area contributed by atoms with E-state index >= 15 is 0 Å². The molecular weight excluding hydrogens is 472 g/mol. The quantitative estimate of drug-likeness (QED) is 0.368. The van der Waals surface area contributed by atoms with Crippen molar-refractivity contribution >= 4 is 29.9 Å². The number of amides is 4. The van der Waals surface area contributed by atoms with Gasteiger partial charge in [-0.15, -0.1) is 0 Å². The number of nitrogens with one attached hydrogen (secondary N) is 2. The van der Waals surface area contributed by atoms with Gasteiger partial charge in [-0.1, -0.05) is 44.2 Å². The van der Waals surface area contributed by atoms with Crippen LogP contribution in [0.25, 0.3) is 6.08 Å². The predicted molar refractivity (Wildman–Crippen MR) is 143 cm³/mol. The highest BCUT2D eigenvalue weighted by molar-refractivity contribution is 5.93. The van der Waals surface area contributed by atoms with Gasteiger partial charge >= 0.3 is 6.09 Å². The second-order valence-electron chi connectivity index (χ2n) is 10.7. The number of ether oxygens (including phenoxy) is 1. The van der Waals surface area contributed by atoms with Crippen LogP contribution in [0.4, 0.5) is 4.79 Å². The normalized spacial score (nSPS) is 15.6. The fourth-order valence-corrected chi connectivity index (χ4v) is 4.17. The molecular formula is C28H42N4O5. The maximum absolute atomic E-state index is 14.0. The summed E-state index contributed by atoms with van der Waals surface area (Å²) in [6.07, 6.45) is 3.94. The number of primary amides is 1. The summed E-state index contributed by atoms with van der Waals surface area (Å²) in [4.78, 5) is 53.4. The zero-order valence-electron chi connectivity index (χ0n) is 22.7. The lowest BCUT2D eigenvalue weighted by atomic mass is 9.99. The molecule has 204 valence electrons. The van der Waals surface area contributed by atoms with Crippen molar-refractivity contribution in [2.24, 2.45) is 5.73 Å². The number of hydrogen-bond acceptors (Lipinski definition) is 5. The number of nitrogens with zero attached hydrogens (tertiary/aromatic N) is 1. The standard InChI is InChI=1S/C28H42N4O5/c1-7-10-18(3)30-25(34)24(20-12-9-11-19(8-2)17-20)32(21-13-14-21)26(35)22(15-16-23(29)33)31-27(36)37-28(4,5)6/h8-9,11-12,17-18,21-22,24H,2,7,10,13-16H2,1,3-6H3,(H2,29,33)(H,30,34)(H,31,36). The summed E-state index contributed by atoms with van der Waals surface area (Å²) in [6.45, 7) is 12.9. The Morgan fingerprint density at radius 1 is 1.19 bits per heavy atom. The Morgan fingerprint density at radius 3 is 2.41 bits per heavy atom. The number of rotatable bonds is 13. The molecule has 0 aliphatic heterocycles. The summed E-state index contributed by atoms with van der Waals surface area (Å²) < 4.78 is 5.36. The molecule has 0 radical (unpaired) electrons. The van der Waals surface area contributed by atoms with E-state index in [9.17, 15) is 19.2 Å². The number of carbonyl (C=O) groups excluding carboxylic acids is 4. The Hall–Kier alpha value is -3.36. The molecule has 37 heavy (non-hydrogen) atoms. The largest absolute Gasteiger partial charge is 0.444 e. The summed E-state index contributed by atoms with van der Waals surface area (Å²) in [5.41, 5.74) is 6.04. The lowest BCUT2D eigenvalue weighted by molar-refractivity contribution is -0.143. The van der Waals surface area contributed by atoms with Gasteiger partial charge in [0.2, 0.25) is 17.7 Å². The van der Waals surface area contributed by atoms with Crippen LogP contribution in [0.2, 0.25) is 0 Å². The van der Waals surface area contributed by atoms with Crippen LogP contribution in [0, 0.1) is 0 Å². The zero-order valence-corrected chi connectivity index (χ0v) is 22.7. The number of nitrogens with two attached hydrogens (primary N) is 1. The van der Waals surface area contributed by atoms with Gasteiger partial charge in [0, 0.05) is 18.5 Å². The first-order chi connectivity index (χ1) is 17.4. The molecule has 3 atom stereocenters. The SMILES string of the molecule is C=Cc1cccc(C(C(=O)NC(C)CCC)N(C(=O)C(CCC(N)=O)NC(=O)OC(C)(C)C)C2CC2)c1. The molecule has 9 nitrogen and oxygen atoms in total. The van der Waals surface area contributed by atoms with Gasteiger partial charge in [0.1, 0.15) is 17.7 Å². The number of hydrogen-bond donors (Lipinski definition) is 3. The molecule has 4 amide bonds. The number of benzene rings is 1. The summed E-state index contributed by atoms with van der Waals surface area (Å²) in [7, 11) is 0. The van der Waals surface area contributed by atoms with E-state index in [0.29, 0.717) is 5.56 Å². The molecule has 1 aliphatic rings. The third kappa shape index (κ3) is 9.55. The molecule has 1 fully saturated rings. The van der Waals surface area contributed by atoms with Crippen LogP contribution in [0.1, 0.15) is 90.3 Å². The number of alkyl carbamates (subject to hydrolysis) is 1. The van der Waals surface area contributed by atoms with Crippen molar-refractivity contribution in [3.63, 3.8) is 0 Å². The van der Waals surface area contributed by atoms with Crippen LogP contribution >= 0.6 is 0 Å². The van der Waals surface area contributed by atoms with Crippen LogP contribution in [0.15, 0.2) is 30.8 Å². The van der Waals surface area contributed by atoms with Crippen LogP contribution in [0.3, 0.4) is 0 Å². The van der Waals surface area contributed by atoms with Crippen molar-refractivity contribution in [2.45, 2.75) is 103 Å². The van der Waals surface area contributed by atoms with Crippen molar-refractivity contribution in [3.8, 4) is 0 Å². The van der Waals surface area contributed by atoms with E-state index in [1.54, 1.807) is 31.7 Å². The van der Waals surface area contributed by atoms with Crippen LogP contribution in [-0.2, 0) is 19.1 Å². The fraction of sp³-hybridized carbons (Fsp3) is 0.571. The smallest absolute Gasteiger partial charge is 0.408 e. The molecule has 1 aliphatic carbocycles. The van der Waals surface area contributed by atoms with Crippen molar-refractivity contribution in [1.29, 1.82) is 0 Å². The van der Waals surface area contributed by atoms with E-state index in [0.717, 1.165) is 31.2 Å². The van der Waals surface area contributed by atoms with Crippen molar-refractivity contribution in [3.05, 3.63) is 42.0 Å². The molecule has 1 aromatic carbocycles. The molecule has 0 spiro atoms. The van der Waals surface area contributed by atoms with E-state index < -0.39 is 35.6 Å². The van der Waals surface area contributed by atoms with E-state index in [-0.39, 0.29) is 30.8 Å². The first kappa shape index (κ1) is 29.9. The maximum atomic E-state index is 14.0. The third-order valence-corrected chi connectivity index (χ3v) is 5.96. The van der Waals surface area contributed by atoms with Gasteiger partial charge < -0.3 is 26.0 Å². The van der Waals surface area contributed by atoms with Crippen LogP contribution < -0.4 is 16.4 Å². The van der Waals surface area contributed by atoms with Crippen molar-refractivity contribution in [1.82, 2.24) is 15.5 Å². The highest BCUT2D eigenvalue weighted by Crippen LogP contribution is 2.36. The van der Waals surface area contributed by atoms with Gasteiger partial charge in [0.05, 0.1) is 0 Å². The van der Waals surface area contributed by atoms with E-state index in [1.807, 2.05) is 38.1 Å². The second-order valence-corrected chi connectivity index (χ2v) is 10.7. The lowest BCUT2D eigenvalue weighted by Crippen LogP contribution is -2.54. The molecule has 0 saturated heterocycles. The van der Waals surface area contributed by atoms with Gasteiger partial charge in [0.15, 0.2) is 0 Å². The van der Waals surface area contributed by atoms with Gasteiger partial charge in [0.25, 0.3) is 0 Å². The highest BCUT2D eigenvalue weighted by atomic mass is 16.6. The molecule has 0 aromatic heterocycles. The van der Waals surface area contributed by atoms with Gasteiger partial charge in [-0.25, -0.2) is 4.79 Å². The molecule has 2 rings (SSSR count). The predicted octanol–water partition coefficient (Wildman–Crippen LogP) is 3.83. The van der Waals surface area contributed by atoms with Crippen molar-refractivity contribution < 1.29 is 23.9 Å². The lowest BCUT2D eigenvalue weighted by Gasteiger charge is -2.35. The maximum Gasteiger partial charge on any atom is 0.408 e. The first-order valence-corrected chi connectivity index (χ1v) is 13.0. The zero-order chi connectivity index (χ0) is 27.8. The molecule has 9 heteroatoms. The molecule has 1 aromatic rings. The summed E-state index contributed by atoms with van der Waals surface area (Å²) >= 11 is 0. The topological polar surface area (TPSA) is 131 Å². The average Bonchev–Trinajstić information content (AvgIpc) is 3.63. The molecule has 4 N–H and O–H groups in total. The molecule has 0 bridgehead atoms. The van der Waals surface area contributed by atoms with Gasteiger partial charge in [-0.05, 0) is 70.6 Å². The summed E-state index contributed by atoms with van der Waals surface area (Å²) in [5.74, 6) is -1.35. The Labute approximate surface area is 220 Å². The minimum absolute atomic E-state index is 0.0100. The minimum Gasteiger partial charge on any atom is -0.444 e. The fourth-order valence-electron chi connectivity index (χ4n) is 4.17. The van der Waals surface area contributed by atoms with E-state index in [1.165, 1.54) is 0 Å². The third-order valence-electron chi connectivity index (χ3n) is 5.96. The summed E-state index contributed by atoms with van der Waals surface area (Å²) in [5, 5.41) is 5.66. The Morgan fingerprint density at radius 2 is 1.86 bits per heavy atom. The van der Waals surface area contributed by atoms with E-state index in [4.69, 9.17) is 10.5 Å². The summed E-state index contributed by atoms with van der Waals surface area (Å²) in [6, 6.07) is 5.08. The molecule has 3 unspecified atom stereocenters. The first-order valence-electron chi connectivity index (χ1n) is 13.0. The Kier molecular flexibility index (Phi) is 10.7. The van der Waals surface area contributed by atoms with Crippen LogP contribution in [0.5, 0.6) is 0 Å². The Bertz CT molecular complexity index is 983. The average molecular weight is 515 g/mol. The van der Waals surface area contributed by atoms with Crippen LogP contribution in [-0.4, -0.2) is 52.4 Å². The molecule has 0 heterocycles. The van der Waals surface area contributed by atoms with Gasteiger partial charge in [-0.2, -0.15) is 0 Å². The second kappa shape index (κ2) is 13.3. The van der Waals surface area contributed by atoms with Crippen molar-refractivity contribution in [2.75, 3.05) is 0 Å². The molecule has 1 saturated carbocycles. The monoisotopic (exact) mass is 514 g/mol. The Balaban J connectivity index is 2.48. The van der Waals surface area contributed by atoms with E-state index in [2.05, 4.69) is 17.2 Å².